The van der Waals surface area contributed by atoms with Crippen LogP contribution in [0.2, 0.25) is 0 Å². The van der Waals surface area contributed by atoms with Crippen molar-refractivity contribution in [3.8, 4) is 0 Å². The summed E-state index contributed by atoms with van der Waals surface area (Å²) >= 11 is 0. The van der Waals surface area contributed by atoms with Gasteiger partial charge in [0.15, 0.2) is 0 Å². The van der Waals surface area contributed by atoms with Crippen molar-refractivity contribution in [1.29, 1.82) is 0 Å². The fourth-order valence-corrected chi connectivity index (χ4v) is 3.21. The van der Waals surface area contributed by atoms with Gasteiger partial charge < -0.3 is 10.2 Å². The van der Waals surface area contributed by atoms with Gasteiger partial charge in [0.2, 0.25) is 0 Å². The number of rotatable bonds is 5. The molecule has 0 bridgehead atoms. The van der Waals surface area contributed by atoms with Gasteiger partial charge in [-0.25, -0.2) is 0 Å². The van der Waals surface area contributed by atoms with Crippen LogP contribution in [0.1, 0.15) is 24.9 Å². The molecule has 1 saturated heterocycles. The maximum atomic E-state index is 3.35. The highest BCUT2D eigenvalue weighted by Gasteiger charge is 2.33. The molecule has 2 atom stereocenters. The van der Waals surface area contributed by atoms with Crippen LogP contribution in [0.5, 0.6) is 0 Å². The van der Waals surface area contributed by atoms with Crippen LogP contribution in [0, 0.1) is 5.92 Å². The lowest BCUT2D eigenvalue weighted by molar-refractivity contribution is 0.238. The smallest absolute Gasteiger partial charge is 0.0388 e. The SMILES string of the molecule is CCN1CCC(CNC)C1c1ccc(N(C)C)cc1. The summed E-state index contributed by atoms with van der Waals surface area (Å²) in [5.74, 6) is 0.732. The van der Waals surface area contributed by atoms with E-state index in [9.17, 15) is 0 Å². The third-order valence-electron chi connectivity index (χ3n) is 4.25. The van der Waals surface area contributed by atoms with E-state index in [4.69, 9.17) is 0 Å². The van der Waals surface area contributed by atoms with Crippen LogP contribution in [0.3, 0.4) is 0 Å². The van der Waals surface area contributed by atoms with Crippen LogP contribution in [0.15, 0.2) is 24.3 Å². The average Bonchev–Trinajstić information content (AvgIpc) is 2.82. The van der Waals surface area contributed by atoms with Gasteiger partial charge in [-0.2, -0.15) is 0 Å². The quantitative estimate of drug-likeness (QED) is 0.878. The normalized spacial score (nSPS) is 23.8. The molecule has 1 aliphatic rings. The zero-order valence-electron chi connectivity index (χ0n) is 12.7. The summed E-state index contributed by atoms with van der Waals surface area (Å²) in [6.45, 7) is 5.74. The summed E-state index contributed by atoms with van der Waals surface area (Å²) in [6, 6.07) is 9.65. The number of nitrogens with zero attached hydrogens (tertiary/aromatic N) is 2. The van der Waals surface area contributed by atoms with E-state index in [0.717, 1.165) is 19.0 Å². The average molecular weight is 261 g/mol. The highest BCUT2D eigenvalue weighted by Crippen LogP contribution is 2.37. The monoisotopic (exact) mass is 261 g/mol. The molecule has 0 saturated carbocycles. The fourth-order valence-electron chi connectivity index (χ4n) is 3.21. The Hall–Kier alpha value is -1.06. The summed E-state index contributed by atoms with van der Waals surface area (Å²) in [5, 5.41) is 3.35. The number of benzene rings is 1. The Bertz CT molecular complexity index is 385. The molecule has 2 unspecified atom stereocenters. The van der Waals surface area contributed by atoms with E-state index in [-0.39, 0.29) is 0 Å². The molecule has 1 N–H and O–H groups in total. The minimum absolute atomic E-state index is 0.577. The molecule has 0 aromatic heterocycles. The Morgan fingerprint density at radius 1 is 1.26 bits per heavy atom. The third-order valence-corrected chi connectivity index (χ3v) is 4.25. The van der Waals surface area contributed by atoms with Crippen LogP contribution in [-0.2, 0) is 0 Å². The molecule has 1 aromatic carbocycles. The molecular weight excluding hydrogens is 234 g/mol. The molecule has 0 aliphatic carbocycles. The molecule has 1 aromatic rings. The van der Waals surface area contributed by atoms with Crippen LogP contribution in [0.25, 0.3) is 0 Å². The van der Waals surface area contributed by atoms with E-state index >= 15 is 0 Å². The summed E-state index contributed by atoms with van der Waals surface area (Å²) in [5.41, 5.74) is 2.74. The Kier molecular flexibility index (Phi) is 4.83. The number of likely N-dealkylation sites (tertiary alicyclic amines) is 1. The molecule has 1 aliphatic heterocycles. The molecule has 1 heterocycles. The van der Waals surface area contributed by atoms with Gasteiger partial charge in [0.25, 0.3) is 0 Å². The molecule has 0 spiro atoms. The van der Waals surface area contributed by atoms with Gasteiger partial charge in [-0.05, 0) is 56.7 Å². The summed E-state index contributed by atoms with van der Waals surface area (Å²) in [4.78, 5) is 4.76. The Morgan fingerprint density at radius 2 is 1.95 bits per heavy atom. The molecule has 0 amide bonds. The molecule has 3 nitrogen and oxygen atoms in total. The van der Waals surface area contributed by atoms with Crippen molar-refractivity contribution in [3.05, 3.63) is 29.8 Å². The second kappa shape index (κ2) is 6.40. The summed E-state index contributed by atoms with van der Waals surface area (Å²) in [6.07, 6.45) is 1.30. The molecule has 1 fully saturated rings. The van der Waals surface area contributed by atoms with Crippen molar-refractivity contribution in [2.24, 2.45) is 5.92 Å². The van der Waals surface area contributed by atoms with Crippen molar-refractivity contribution in [3.63, 3.8) is 0 Å². The third kappa shape index (κ3) is 3.10. The predicted molar refractivity (Wildman–Crippen MR) is 82.8 cm³/mol. The first-order chi connectivity index (χ1) is 9.17. The van der Waals surface area contributed by atoms with E-state index in [2.05, 4.69) is 67.4 Å². The van der Waals surface area contributed by atoms with Crippen LogP contribution < -0.4 is 10.2 Å². The predicted octanol–water partition coefficient (Wildman–Crippen LogP) is 2.35. The maximum absolute atomic E-state index is 3.35. The Balaban J connectivity index is 2.20. The molecule has 3 heteroatoms. The second-order valence-electron chi connectivity index (χ2n) is 5.67. The first-order valence-corrected chi connectivity index (χ1v) is 7.33. The standard InChI is InChI=1S/C16H27N3/c1-5-19-11-10-14(12-17-2)16(19)13-6-8-15(9-7-13)18(3)4/h6-9,14,16-17H,5,10-12H2,1-4H3. The largest absolute Gasteiger partial charge is 0.378 e. The van der Waals surface area contributed by atoms with Crippen molar-refractivity contribution in [2.45, 2.75) is 19.4 Å². The Labute approximate surface area is 117 Å². The van der Waals surface area contributed by atoms with Gasteiger partial charge in [-0.1, -0.05) is 19.1 Å². The first kappa shape index (κ1) is 14.4. The highest BCUT2D eigenvalue weighted by molar-refractivity contribution is 5.46. The second-order valence-corrected chi connectivity index (χ2v) is 5.67. The topological polar surface area (TPSA) is 18.5 Å². The van der Waals surface area contributed by atoms with Crippen LogP contribution in [0.4, 0.5) is 5.69 Å². The van der Waals surface area contributed by atoms with Gasteiger partial charge in [-0.15, -0.1) is 0 Å². The van der Waals surface area contributed by atoms with E-state index in [0.29, 0.717) is 6.04 Å². The van der Waals surface area contributed by atoms with E-state index in [1.807, 2.05) is 0 Å². The number of hydrogen-bond donors (Lipinski definition) is 1. The maximum Gasteiger partial charge on any atom is 0.0388 e. The first-order valence-electron chi connectivity index (χ1n) is 7.33. The minimum atomic E-state index is 0.577. The van der Waals surface area contributed by atoms with Crippen molar-refractivity contribution < 1.29 is 0 Å². The van der Waals surface area contributed by atoms with Crippen molar-refractivity contribution in [1.82, 2.24) is 10.2 Å². The fraction of sp³-hybridized carbons (Fsp3) is 0.625. The van der Waals surface area contributed by atoms with E-state index in [1.54, 1.807) is 0 Å². The lowest BCUT2D eigenvalue weighted by atomic mass is 9.93. The van der Waals surface area contributed by atoms with Gasteiger partial charge in [0, 0.05) is 25.8 Å². The number of nitrogens with one attached hydrogen (secondary N) is 1. The Morgan fingerprint density at radius 3 is 2.47 bits per heavy atom. The van der Waals surface area contributed by atoms with Gasteiger partial charge >= 0.3 is 0 Å². The summed E-state index contributed by atoms with van der Waals surface area (Å²) in [7, 11) is 6.24. The van der Waals surface area contributed by atoms with Crippen LogP contribution in [-0.4, -0.2) is 45.7 Å². The van der Waals surface area contributed by atoms with E-state index < -0.39 is 0 Å². The molecule has 19 heavy (non-hydrogen) atoms. The minimum Gasteiger partial charge on any atom is -0.378 e. The number of hydrogen-bond acceptors (Lipinski definition) is 3. The van der Waals surface area contributed by atoms with Gasteiger partial charge in [-0.3, -0.25) is 4.90 Å². The number of anilines is 1. The van der Waals surface area contributed by atoms with Crippen LogP contribution >= 0.6 is 0 Å². The lowest BCUT2D eigenvalue weighted by Crippen LogP contribution is -2.29. The van der Waals surface area contributed by atoms with Crippen molar-refractivity contribution in [2.75, 3.05) is 45.7 Å². The highest BCUT2D eigenvalue weighted by atomic mass is 15.2. The lowest BCUT2D eigenvalue weighted by Gasteiger charge is -2.28. The zero-order valence-corrected chi connectivity index (χ0v) is 12.7. The van der Waals surface area contributed by atoms with E-state index in [1.165, 1.54) is 24.2 Å². The molecular formula is C16H27N3. The molecule has 0 radical (unpaired) electrons. The van der Waals surface area contributed by atoms with Crippen molar-refractivity contribution >= 4 is 5.69 Å². The molecule has 106 valence electrons. The zero-order chi connectivity index (χ0) is 13.8. The molecule has 2 rings (SSSR count). The van der Waals surface area contributed by atoms with Gasteiger partial charge in [0.05, 0.1) is 0 Å². The van der Waals surface area contributed by atoms with Gasteiger partial charge in [0.1, 0.15) is 0 Å². The summed E-state index contributed by atoms with van der Waals surface area (Å²) < 4.78 is 0.